The van der Waals surface area contributed by atoms with Gasteiger partial charge in [0, 0.05) is 0 Å². The average Bonchev–Trinajstić information content (AvgIpc) is 2.69. The van der Waals surface area contributed by atoms with Crippen molar-refractivity contribution in [2.45, 2.75) is 31.9 Å². The fourth-order valence-corrected chi connectivity index (χ4v) is 8.36. The Labute approximate surface area is 164 Å². The van der Waals surface area contributed by atoms with Crippen LogP contribution in [-0.2, 0) is 4.43 Å². The van der Waals surface area contributed by atoms with Crippen molar-refractivity contribution in [3.63, 3.8) is 0 Å². The normalized spacial score (nSPS) is 13.3. The van der Waals surface area contributed by atoms with Crippen LogP contribution in [-0.4, -0.2) is 14.9 Å². The molecule has 0 heterocycles. The van der Waals surface area contributed by atoms with Gasteiger partial charge >= 0.3 is 0 Å². The van der Waals surface area contributed by atoms with E-state index in [-0.39, 0.29) is 11.1 Å². The number of rotatable bonds is 6. The lowest BCUT2D eigenvalue weighted by Crippen LogP contribution is -2.67. The maximum atomic E-state index is 6.90. The summed E-state index contributed by atoms with van der Waals surface area (Å²) in [6.07, 6.45) is 0. The molecule has 0 radical (unpaired) electrons. The highest BCUT2D eigenvalue weighted by atomic mass is 28.4. The third-order valence-electron chi connectivity index (χ3n) is 5.12. The Kier molecular flexibility index (Phi) is 5.95. The summed E-state index contributed by atoms with van der Waals surface area (Å²) in [6, 6.07) is 31.4. The molecule has 0 fully saturated rings. The van der Waals surface area contributed by atoms with Crippen molar-refractivity contribution in [1.82, 2.24) is 0 Å². The third kappa shape index (κ3) is 4.06. The minimum Gasteiger partial charge on any atom is -0.405 e. The molecule has 3 aromatic carbocycles. The van der Waals surface area contributed by atoms with Crippen molar-refractivity contribution in [2.75, 3.05) is 6.61 Å². The molecule has 0 saturated carbocycles. The second-order valence-corrected chi connectivity index (χ2v) is 12.3. The van der Waals surface area contributed by atoms with Gasteiger partial charge in [-0.05, 0) is 21.0 Å². The average molecular weight is 376 g/mol. The largest absolute Gasteiger partial charge is 0.405 e. The molecule has 0 unspecified atom stereocenters. The Morgan fingerprint density at radius 1 is 0.741 bits per heavy atom. The van der Waals surface area contributed by atoms with Gasteiger partial charge in [0.05, 0.1) is 12.6 Å². The molecular formula is C24H29NOSi. The van der Waals surface area contributed by atoms with Gasteiger partial charge in [0.15, 0.2) is 0 Å². The first kappa shape index (κ1) is 19.6. The van der Waals surface area contributed by atoms with Crippen LogP contribution in [0, 0.1) is 0 Å². The molecule has 0 spiro atoms. The Bertz CT molecular complexity index is 789. The second kappa shape index (κ2) is 8.22. The first-order chi connectivity index (χ1) is 12.9. The van der Waals surface area contributed by atoms with Crippen LogP contribution in [0.4, 0.5) is 0 Å². The molecule has 0 amide bonds. The maximum Gasteiger partial charge on any atom is 0.261 e. The van der Waals surface area contributed by atoms with E-state index in [1.807, 2.05) is 18.2 Å². The Morgan fingerprint density at radius 2 is 1.15 bits per heavy atom. The minimum absolute atomic E-state index is 0.0356. The molecule has 27 heavy (non-hydrogen) atoms. The van der Waals surface area contributed by atoms with Crippen molar-refractivity contribution >= 4 is 18.7 Å². The van der Waals surface area contributed by atoms with Gasteiger partial charge in [0.25, 0.3) is 8.32 Å². The summed E-state index contributed by atoms with van der Waals surface area (Å²) in [6.45, 7) is 7.35. The molecule has 3 aromatic rings. The number of hydrogen-bond donors (Lipinski definition) is 1. The molecule has 1 atom stereocenters. The zero-order valence-electron chi connectivity index (χ0n) is 16.4. The van der Waals surface area contributed by atoms with Gasteiger partial charge in [0.1, 0.15) is 0 Å². The monoisotopic (exact) mass is 375 g/mol. The molecule has 0 aromatic heterocycles. The third-order valence-corrected chi connectivity index (χ3v) is 10.1. The molecule has 0 saturated heterocycles. The molecule has 0 aliphatic rings. The zero-order valence-corrected chi connectivity index (χ0v) is 17.4. The highest BCUT2D eigenvalue weighted by Gasteiger charge is 2.50. The Morgan fingerprint density at radius 3 is 1.56 bits per heavy atom. The summed E-state index contributed by atoms with van der Waals surface area (Å²) in [7, 11) is -2.52. The smallest absolute Gasteiger partial charge is 0.261 e. The Balaban J connectivity index is 2.04. The summed E-state index contributed by atoms with van der Waals surface area (Å²) >= 11 is 0. The highest BCUT2D eigenvalue weighted by Crippen LogP contribution is 2.37. The lowest BCUT2D eigenvalue weighted by molar-refractivity contribution is 0.273. The van der Waals surface area contributed by atoms with Gasteiger partial charge in [-0.1, -0.05) is 112 Å². The predicted molar refractivity (Wildman–Crippen MR) is 117 cm³/mol. The van der Waals surface area contributed by atoms with E-state index in [9.17, 15) is 0 Å². The van der Waals surface area contributed by atoms with Crippen molar-refractivity contribution in [3.05, 3.63) is 96.6 Å². The van der Waals surface area contributed by atoms with Gasteiger partial charge < -0.3 is 10.2 Å². The first-order valence-electron chi connectivity index (χ1n) is 9.51. The Hall–Kier alpha value is -2.20. The van der Waals surface area contributed by atoms with Crippen LogP contribution in [0.25, 0.3) is 0 Å². The molecule has 0 aliphatic heterocycles. The lowest BCUT2D eigenvalue weighted by atomic mass is 10.1. The molecular weight excluding hydrogens is 346 g/mol. The molecule has 2 nitrogen and oxygen atoms in total. The number of nitrogens with two attached hydrogens (primary N) is 1. The maximum absolute atomic E-state index is 6.90. The quantitative estimate of drug-likeness (QED) is 0.653. The van der Waals surface area contributed by atoms with Gasteiger partial charge in [-0.3, -0.25) is 0 Å². The van der Waals surface area contributed by atoms with E-state index in [1.165, 1.54) is 10.4 Å². The number of benzene rings is 3. The second-order valence-electron chi connectivity index (χ2n) is 7.99. The van der Waals surface area contributed by atoms with E-state index in [4.69, 9.17) is 10.2 Å². The van der Waals surface area contributed by atoms with Crippen molar-refractivity contribution in [3.8, 4) is 0 Å². The molecule has 140 valence electrons. The van der Waals surface area contributed by atoms with Crippen LogP contribution in [0.15, 0.2) is 91.0 Å². The fraction of sp³-hybridized carbons (Fsp3) is 0.250. The molecule has 2 N–H and O–H groups in total. The van der Waals surface area contributed by atoms with Gasteiger partial charge in [0.2, 0.25) is 0 Å². The first-order valence-corrected chi connectivity index (χ1v) is 11.4. The zero-order chi connectivity index (χ0) is 19.3. The highest BCUT2D eigenvalue weighted by molar-refractivity contribution is 6.99. The predicted octanol–water partition coefficient (Wildman–Crippen LogP) is 4.26. The topological polar surface area (TPSA) is 35.2 Å². The van der Waals surface area contributed by atoms with Crippen LogP contribution >= 0.6 is 0 Å². The van der Waals surface area contributed by atoms with Gasteiger partial charge in [-0.25, -0.2) is 0 Å². The standard InChI is InChI=1S/C24H29NOSi/c1-24(2,3)27(21-15-9-5-10-16-21,22-17-11-6-12-18-22)26-19-23(25)20-13-7-4-8-14-20/h4-18,23H,19,25H2,1-3H3/t23-/m0/s1. The molecule has 0 bridgehead atoms. The summed E-state index contributed by atoms with van der Waals surface area (Å²) in [5, 5.41) is 2.53. The van der Waals surface area contributed by atoms with E-state index < -0.39 is 8.32 Å². The van der Waals surface area contributed by atoms with E-state index in [2.05, 4.69) is 93.6 Å². The van der Waals surface area contributed by atoms with Gasteiger partial charge in [-0.15, -0.1) is 0 Å². The fourth-order valence-electron chi connectivity index (χ4n) is 3.77. The van der Waals surface area contributed by atoms with Crippen LogP contribution in [0.1, 0.15) is 32.4 Å². The molecule has 3 rings (SSSR count). The van der Waals surface area contributed by atoms with Gasteiger partial charge in [-0.2, -0.15) is 0 Å². The lowest BCUT2D eigenvalue weighted by Gasteiger charge is -2.43. The molecule has 3 heteroatoms. The number of hydrogen-bond acceptors (Lipinski definition) is 2. The van der Waals surface area contributed by atoms with Crippen molar-refractivity contribution in [2.24, 2.45) is 5.73 Å². The van der Waals surface area contributed by atoms with Crippen LogP contribution in [0.2, 0.25) is 5.04 Å². The van der Waals surface area contributed by atoms with E-state index in [0.29, 0.717) is 6.61 Å². The minimum atomic E-state index is -2.52. The summed E-state index contributed by atoms with van der Waals surface area (Å²) in [4.78, 5) is 0. The summed E-state index contributed by atoms with van der Waals surface area (Å²) in [5.41, 5.74) is 7.61. The SMILES string of the molecule is CC(C)(C)[Si](OC[C@H](N)c1ccccc1)(c1ccccc1)c1ccccc1. The van der Waals surface area contributed by atoms with Crippen LogP contribution in [0.3, 0.4) is 0 Å². The molecule has 0 aliphatic carbocycles. The van der Waals surface area contributed by atoms with Crippen LogP contribution < -0.4 is 16.1 Å². The van der Waals surface area contributed by atoms with Crippen LogP contribution in [0.5, 0.6) is 0 Å². The van der Waals surface area contributed by atoms with Crippen molar-refractivity contribution < 1.29 is 4.43 Å². The summed E-state index contributed by atoms with van der Waals surface area (Å²) < 4.78 is 6.90. The van der Waals surface area contributed by atoms with Crippen molar-refractivity contribution in [1.29, 1.82) is 0 Å². The van der Waals surface area contributed by atoms with E-state index in [1.54, 1.807) is 0 Å². The van der Waals surface area contributed by atoms with E-state index in [0.717, 1.165) is 5.56 Å². The summed E-state index contributed by atoms with van der Waals surface area (Å²) in [5.74, 6) is 0. The van der Waals surface area contributed by atoms with E-state index >= 15 is 0 Å².